The van der Waals surface area contributed by atoms with Crippen molar-refractivity contribution in [1.29, 1.82) is 0 Å². The fourth-order valence-electron chi connectivity index (χ4n) is 13.1. The second kappa shape index (κ2) is 13.7. The maximum Gasteiger partial charge on any atom is 0.309 e. The topological polar surface area (TPSA) is 126 Å². The van der Waals surface area contributed by atoms with Gasteiger partial charge in [0.15, 0.2) is 5.78 Å². The van der Waals surface area contributed by atoms with E-state index < -0.39 is 28.9 Å². The molecule has 1 aromatic heterocycles. The number of carbonyl (C=O) groups excluding carboxylic acids is 2. The molecule has 5 aliphatic carbocycles. The number of aliphatic hydroxyl groups excluding tert-OH is 1. The Balaban J connectivity index is 1.26. The number of carbonyl (C=O) groups is 3. The third kappa shape index (κ3) is 6.33. The van der Waals surface area contributed by atoms with Gasteiger partial charge in [0.05, 0.1) is 28.7 Å². The summed E-state index contributed by atoms with van der Waals surface area (Å²) in [6.07, 6.45) is 8.65. The number of nitrogens with zero attached hydrogens (tertiary/aromatic N) is 1. The minimum Gasteiger partial charge on any atom is -0.481 e. The van der Waals surface area contributed by atoms with Crippen LogP contribution in [0, 0.1) is 56.2 Å². The van der Waals surface area contributed by atoms with Crippen molar-refractivity contribution in [2.24, 2.45) is 56.2 Å². The second-order valence-electron chi connectivity index (χ2n) is 20.1. The zero-order chi connectivity index (χ0) is 39.1. The molecule has 0 amide bonds. The standard InChI is InChI=1S/C44H65ClN2O6/c1-25(2)36-30(48)21-44(33(49)24-46-26(3)29-13-11-27(45)23-47-29)20-19-42(9)28(37(36)44)12-14-32-41(8)17-16-34(53-35(50)22-39(4,5)38(51)52)40(6,7)31(41)15-18-43(32,42)10/h11,13,23,25-26,28,31-34,46,49H,12,14-22,24H2,1-10H3,(H,51,52)/t26-,28-,31+,32-,33+,34?,41+,42-,43-,44+/m1/s1. The van der Waals surface area contributed by atoms with Crippen LogP contribution in [0.1, 0.15) is 145 Å². The molecule has 0 aliphatic heterocycles. The van der Waals surface area contributed by atoms with Crippen molar-refractivity contribution < 1.29 is 29.3 Å². The zero-order valence-corrected chi connectivity index (χ0v) is 34.7. The number of ether oxygens (including phenoxy) is 1. The molecule has 0 saturated heterocycles. The lowest BCUT2D eigenvalue weighted by Crippen LogP contribution is -2.66. The number of ketones is 1. The summed E-state index contributed by atoms with van der Waals surface area (Å²) in [6.45, 7) is 22.0. The molecule has 1 unspecified atom stereocenters. The lowest BCUT2D eigenvalue weighted by Gasteiger charge is -2.72. The molecule has 0 aromatic carbocycles. The second-order valence-corrected chi connectivity index (χ2v) is 20.5. The lowest BCUT2D eigenvalue weighted by atomic mass is 9.33. The summed E-state index contributed by atoms with van der Waals surface area (Å²) in [4.78, 5) is 43.4. The number of carboxylic acid groups (broad SMARTS) is 1. The van der Waals surface area contributed by atoms with Crippen LogP contribution >= 0.6 is 11.6 Å². The molecule has 53 heavy (non-hydrogen) atoms. The Hall–Kier alpha value is -2.29. The van der Waals surface area contributed by atoms with Gasteiger partial charge in [-0.05, 0) is 130 Å². The van der Waals surface area contributed by atoms with Crippen LogP contribution in [-0.2, 0) is 19.1 Å². The summed E-state index contributed by atoms with van der Waals surface area (Å²) in [5.74, 6) is -0.0389. The molecule has 0 bridgehead atoms. The van der Waals surface area contributed by atoms with Gasteiger partial charge in [-0.2, -0.15) is 0 Å². The van der Waals surface area contributed by atoms with Gasteiger partial charge in [0.2, 0.25) is 0 Å². The van der Waals surface area contributed by atoms with Gasteiger partial charge >= 0.3 is 11.9 Å². The predicted molar refractivity (Wildman–Crippen MR) is 207 cm³/mol. The highest BCUT2D eigenvalue weighted by molar-refractivity contribution is 6.30. The van der Waals surface area contributed by atoms with E-state index in [1.165, 1.54) is 5.57 Å². The number of rotatable bonds is 10. The molecule has 6 rings (SSSR count). The monoisotopic (exact) mass is 752 g/mol. The van der Waals surface area contributed by atoms with Crippen molar-refractivity contribution in [2.45, 2.75) is 152 Å². The molecule has 4 fully saturated rings. The van der Waals surface area contributed by atoms with Gasteiger partial charge in [-0.3, -0.25) is 19.4 Å². The van der Waals surface area contributed by atoms with Crippen molar-refractivity contribution in [2.75, 3.05) is 6.54 Å². The van der Waals surface area contributed by atoms with Gasteiger partial charge in [-0.25, -0.2) is 0 Å². The van der Waals surface area contributed by atoms with E-state index in [1.807, 2.05) is 19.1 Å². The molecule has 1 aromatic rings. The predicted octanol–water partition coefficient (Wildman–Crippen LogP) is 9.14. The number of allylic oxidation sites excluding steroid dienone is 1. The van der Waals surface area contributed by atoms with Gasteiger partial charge in [0, 0.05) is 36.0 Å². The molecule has 3 N–H and O–H groups in total. The Labute approximate surface area is 322 Å². The number of esters is 1. The highest BCUT2D eigenvalue weighted by atomic mass is 35.5. The van der Waals surface area contributed by atoms with Crippen molar-refractivity contribution in [1.82, 2.24) is 10.3 Å². The molecule has 4 saturated carbocycles. The summed E-state index contributed by atoms with van der Waals surface area (Å²) in [5, 5.41) is 26.0. The minimum atomic E-state index is -1.17. The summed E-state index contributed by atoms with van der Waals surface area (Å²) in [7, 11) is 0. The van der Waals surface area contributed by atoms with E-state index >= 15 is 0 Å². The van der Waals surface area contributed by atoms with Crippen molar-refractivity contribution >= 4 is 29.3 Å². The van der Waals surface area contributed by atoms with Gasteiger partial charge in [0.25, 0.3) is 0 Å². The third-order valence-electron chi connectivity index (χ3n) is 16.3. The first-order chi connectivity index (χ1) is 24.5. The fraction of sp³-hybridized carbons (Fsp3) is 0.773. The first-order valence-corrected chi connectivity index (χ1v) is 20.7. The average molecular weight is 753 g/mol. The number of aliphatic hydroxyl groups is 1. The van der Waals surface area contributed by atoms with Crippen LogP contribution in [0.15, 0.2) is 29.5 Å². The van der Waals surface area contributed by atoms with E-state index in [1.54, 1.807) is 20.0 Å². The van der Waals surface area contributed by atoms with Crippen LogP contribution in [-0.4, -0.2) is 51.7 Å². The first-order valence-electron chi connectivity index (χ1n) is 20.3. The number of pyridine rings is 1. The Morgan fingerprint density at radius 3 is 2.30 bits per heavy atom. The summed E-state index contributed by atoms with van der Waals surface area (Å²) in [5.41, 5.74) is 1.18. The van der Waals surface area contributed by atoms with Crippen molar-refractivity contribution in [3.05, 3.63) is 40.2 Å². The number of nitrogens with one attached hydrogen (secondary N) is 1. The number of hydrogen-bond donors (Lipinski definition) is 3. The number of fused-ring (bicyclic) bond motifs is 7. The van der Waals surface area contributed by atoms with Gasteiger partial charge < -0.3 is 20.3 Å². The highest BCUT2D eigenvalue weighted by Crippen LogP contribution is 2.77. The molecule has 9 heteroatoms. The van der Waals surface area contributed by atoms with Crippen LogP contribution in [0.4, 0.5) is 0 Å². The summed E-state index contributed by atoms with van der Waals surface area (Å²) < 4.78 is 6.17. The fourth-order valence-corrected chi connectivity index (χ4v) is 13.3. The van der Waals surface area contributed by atoms with Crippen LogP contribution in [0.3, 0.4) is 0 Å². The maximum atomic E-state index is 14.1. The van der Waals surface area contributed by atoms with E-state index in [0.29, 0.717) is 29.8 Å². The van der Waals surface area contributed by atoms with E-state index in [0.717, 1.165) is 62.6 Å². The molecule has 10 atom stereocenters. The Bertz CT molecular complexity index is 1650. The van der Waals surface area contributed by atoms with Crippen LogP contribution in [0.2, 0.25) is 5.02 Å². The normalized spacial score (nSPS) is 37.6. The number of hydrogen-bond acceptors (Lipinski definition) is 7. The lowest BCUT2D eigenvalue weighted by molar-refractivity contribution is -0.235. The van der Waals surface area contributed by atoms with E-state index in [4.69, 9.17) is 16.3 Å². The number of halogens is 1. The highest BCUT2D eigenvalue weighted by Gasteiger charge is 2.70. The number of Topliss-reactive ketones (excluding diaryl/α,β-unsaturated/α-hetero) is 1. The largest absolute Gasteiger partial charge is 0.481 e. The van der Waals surface area contributed by atoms with Gasteiger partial charge in [0.1, 0.15) is 6.10 Å². The molecule has 5 aliphatic rings. The summed E-state index contributed by atoms with van der Waals surface area (Å²) >= 11 is 6.09. The molecule has 1 heterocycles. The van der Waals surface area contributed by atoms with Crippen molar-refractivity contribution in [3.8, 4) is 0 Å². The zero-order valence-electron chi connectivity index (χ0n) is 33.9. The SMILES string of the molecule is CC(C)C1=C2[C@H]3CC[C@@H]4[C@@]5(C)CCC(OC(=O)CC(C)(C)C(=O)O)C(C)(C)[C@@H]5CC[C@@]4(C)[C@]3(C)CC[C@@]2([C@@H](O)CN[C@H](C)c2ccc(Cl)cn2)CC1=O. The van der Waals surface area contributed by atoms with Gasteiger partial charge in [-0.1, -0.05) is 65.6 Å². The van der Waals surface area contributed by atoms with E-state index in [2.05, 4.69) is 58.8 Å². The number of carboxylic acids is 1. The number of aliphatic carboxylic acids is 1. The summed E-state index contributed by atoms with van der Waals surface area (Å²) in [6, 6.07) is 3.67. The van der Waals surface area contributed by atoms with Crippen LogP contribution < -0.4 is 5.32 Å². The molecule has 0 radical (unpaired) electrons. The molecule has 0 spiro atoms. The molecule has 294 valence electrons. The minimum absolute atomic E-state index is 0.0307. The number of aromatic nitrogens is 1. The van der Waals surface area contributed by atoms with Crippen LogP contribution in [0.5, 0.6) is 0 Å². The van der Waals surface area contributed by atoms with Gasteiger partial charge in [-0.15, -0.1) is 0 Å². The quantitative estimate of drug-likeness (QED) is 0.202. The Morgan fingerprint density at radius 1 is 0.981 bits per heavy atom. The van der Waals surface area contributed by atoms with E-state index in [-0.39, 0.29) is 57.8 Å². The van der Waals surface area contributed by atoms with E-state index in [9.17, 15) is 24.6 Å². The Morgan fingerprint density at radius 2 is 1.68 bits per heavy atom. The molecular weight excluding hydrogens is 688 g/mol. The smallest absolute Gasteiger partial charge is 0.309 e. The maximum absolute atomic E-state index is 14.1. The third-order valence-corrected chi connectivity index (χ3v) is 16.5. The van der Waals surface area contributed by atoms with Crippen molar-refractivity contribution in [3.63, 3.8) is 0 Å². The molecule has 8 nitrogen and oxygen atoms in total. The molecular formula is C44H65ClN2O6. The average Bonchev–Trinajstić information content (AvgIpc) is 3.38. The Kier molecular flexibility index (Phi) is 10.5. The van der Waals surface area contributed by atoms with Crippen LogP contribution in [0.25, 0.3) is 0 Å². The first kappa shape index (κ1) is 40.4.